The van der Waals surface area contributed by atoms with Gasteiger partial charge in [-0.15, -0.1) is 0 Å². The van der Waals surface area contributed by atoms with Crippen LogP contribution in [0.15, 0.2) is 36.4 Å². The molecule has 0 aromatic heterocycles. The Balaban J connectivity index is 2.00. The average Bonchev–Trinajstić information content (AvgIpc) is 2.39. The van der Waals surface area contributed by atoms with Gasteiger partial charge in [0.1, 0.15) is 11.5 Å². The van der Waals surface area contributed by atoms with Crippen molar-refractivity contribution in [1.29, 1.82) is 0 Å². The first-order valence-electron chi connectivity index (χ1n) is 6.47. The van der Waals surface area contributed by atoms with Crippen molar-refractivity contribution in [2.24, 2.45) is 0 Å². The molecule has 0 radical (unpaired) electrons. The molecule has 0 spiro atoms. The molecule has 19 heavy (non-hydrogen) atoms. The monoisotopic (exact) mass is 254 g/mol. The second-order valence-corrected chi connectivity index (χ2v) is 4.80. The summed E-state index contributed by atoms with van der Waals surface area (Å²) < 4.78 is 11.4. The Morgan fingerprint density at radius 2 is 1.11 bits per heavy atom. The Labute approximate surface area is 115 Å². The summed E-state index contributed by atoms with van der Waals surface area (Å²) in [6.45, 7) is 8.27. The van der Waals surface area contributed by atoms with Crippen molar-refractivity contribution >= 4 is 7.69 Å². The van der Waals surface area contributed by atoms with Gasteiger partial charge in [-0.25, -0.2) is 0 Å². The van der Waals surface area contributed by atoms with Crippen molar-refractivity contribution in [2.75, 3.05) is 0 Å². The van der Waals surface area contributed by atoms with Gasteiger partial charge >= 0.3 is 7.69 Å². The zero-order chi connectivity index (χ0) is 13.8. The summed E-state index contributed by atoms with van der Waals surface area (Å²) in [6, 6.07) is 12.1. The number of rotatable bonds is 4. The van der Waals surface area contributed by atoms with Crippen LogP contribution in [0.5, 0.6) is 11.5 Å². The molecule has 0 saturated carbocycles. The highest BCUT2D eigenvalue weighted by Crippen LogP contribution is 2.22. The van der Waals surface area contributed by atoms with Gasteiger partial charge in [-0.2, -0.15) is 0 Å². The van der Waals surface area contributed by atoms with Gasteiger partial charge < -0.3 is 9.31 Å². The second kappa shape index (κ2) is 5.83. The lowest BCUT2D eigenvalue weighted by Gasteiger charge is -2.13. The van der Waals surface area contributed by atoms with Crippen LogP contribution in [0.4, 0.5) is 0 Å². The molecule has 0 aliphatic carbocycles. The number of hydrogen-bond donors (Lipinski definition) is 0. The maximum Gasteiger partial charge on any atom is 0.576 e. The molecule has 0 aliphatic rings. The van der Waals surface area contributed by atoms with Gasteiger partial charge in [-0.05, 0) is 62.1 Å². The van der Waals surface area contributed by atoms with Crippen molar-refractivity contribution in [3.8, 4) is 11.5 Å². The third kappa shape index (κ3) is 3.11. The van der Waals surface area contributed by atoms with E-state index < -0.39 is 0 Å². The first kappa shape index (κ1) is 13.5. The van der Waals surface area contributed by atoms with E-state index in [0.717, 1.165) is 22.6 Å². The largest absolute Gasteiger partial charge is 0.576 e. The molecule has 98 valence electrons. The van der Waals surface area contributed by atoms with Crippen LogP contribution in [0, 0.1) is 27.7 Å². The predicted molar refractivity (Wildman–Crippen MR) is 80.2 cm³/mol. The Morgan fingerprint density at radius 3 is 1.53 bits per heavy atom. The minimum Gasteiger partial charge on any atom is -0.528 e. The maximum atomic E-state index is 5.69. The van der Waals surface area contributed by atoms with E-state index in [1.54, 1.807) is 0 Å². The lowest BCUT2D eigenvalue weighted by Crippen LogP contribution is -2.12. The Bertz CT molecular complexity index is 527. The lowest BCUT2D eigenvalue weighted by atomic mass is 10.1. The van der Waals surface area contributed by atoms with Crippen molar-refractivity contribution in [1.82, 2.24) is 0 Å². The van der Waals surface area contributed by atoms with Crippen LogP contribution in [0.3, 0.4) is 0 Å². The molecule has 0 saturated heterocycles. The molecule has 0 amide bonds. The van der Waals surface area contributed by atoms with Gasteiger partial charge in [0.2, 0.25) is 0 Å². The van der Waals surface area contributed by atoms with E-state index in [2.05, 4.69) is 39.8 Å². The minimum atomic E-state index is 0.231. The summed E-state index contributed by atoms with van der Waals surface area (Å²) in [4.78, 5) is 0. The van der Waals surface area contributed by atoms with Gasteiger partial charge in [0, 0.05) is 0 Å². The summed E-state index contributed by atoms with van der Waals surface area (Å²) in [6.07, 6.45) is 0. The molecule has 2 aromatic rings. The van der Waals surface area contributed by atoms with E-state index in [1.165, 1.54) is 11.1 Å². The average molecular weight is 254 g/mol. The highest BCUT2D eigenvalue weighted by Gasteiger charge is 2.06. The fraction of sp³-hybridized carbons (Fsp3) is 0.250. The van der Waals surface area contributed by atoms with E-state index >= 15 is 0 Å². The van der Waals surface area contributed by atoms with E-state index in [9.17, 15) is 0 Å². The predicted octanol–water partition coefficient (Wildman–Crippen LogP) is 3.64. The van der Waals surface area contributed by atoms with E-state index in [1.807, 2.05) is 24.3 Å². The molecule has 0 aliphatic heterocycles. The summed E-state index contributed by atoms with van der Waals surface area (Å²) in [7, 11) is 0.231. The third-order valence-electron chi connectivity index (χ3n) is 3.54. The minimum absolute atomic E-state index is 0.231. The first-order valence-corrected chi connectivity index (χ1v) is 6.47. The van der Waals surface area contributed by atoms with Crippen LogP contribution in [0.25, 0.3) is 0 Å². The van der Waals surface area contributed by atoms with Gasteiger partial charge in [0.15, 0.2) is 0 Å². The number of aryl methyl sites for hydroxylation is 2. The highest BCUT2D eigenvalue weighted by atomic mass is 16.6. The highest BCUT2D eigenvalue weighted by molar-refractivity contribution is 6.20. The standard InChI is InChI=1S/C16H19BO2/c1-11-7-5-9-15(13(11)3)18-17-19-16-10-6-8-12(2)14(16)4/h5-10,17H,1-4H3. The lowest BCUT2D eigenvalue weighted by molar-refractivity contribution is 0.454. The van der Waals surface area contributed by atoms with Gasteiger partial charge in [-0.3, -0.25) is 0 Å². The zero-order valence-electron chi connectivity index (χ0n) is 12.0. The second-order valence-electron chi connectivity index (χ2n) is 4.80. The van der Waals surface area contributed by atoms with Crippen molar-refractivity contribution < 1.29 is 9.31 Å². The quantitative estimate of drug-likeness (QED) is 0.775. The fourth-order valence-electron chi connectivity index (χ4n) is 1.92. The van der Waals surface area contributed by atoms with Crippen molar-refractivity contribution in [3.63, 3.8) is 0 Å². The van der Waals surface area contributed by atoms with Crippen molar-refractivity contribution in [3.05, 3.63) is 58.7 Å². The van der Waals surface area contributed by atoms with Crippen LogP contribution in [0.2, 0.25) is 0 Å². The Morgan fingerprint density at radius 1 is 0.684 bits per heavy atom. The molecule has 2 rings (SSSR count). The molecule has 2 nitrogen and oxygen atoms in total. The van der Waals surface area contributed by atoms with Gasteiger partial charge in [0.25, 0.3) is 0 Å². The zero-order valence-corrected chi connectivity index (χ0v) is 12.0. The van der Waals surface area contributed by atoms with Crippen molar-refractivity contribution in [2.45, 2.75) is 27.7 Å². The molecule has 0 N–H and O–H groups in total. The molecule has 0 heterocycles. The van der Waals surface area contributed by atoms with Crippen LogP contribution in [-0.2, 0) is 0 Å². The number of benzene rings is 2. The molecule has 0 fully saturated rings. The molecular weight excluding hydrogens is 235 g/mol. The normalized spacial score (nSPS) is 10.1. The fourth-order valence-corrected chi connectivity index (χ4v) is 1.92. The molecule has 2 aromatic carbocycles. The van der Waals surface area contributed by atoms with E-state index in [-0.39, 0.29) is 7.69 Å². The number of hydrogen-bond acceptors (Lipinski definition) is 2. The van der Waals surface area contributed by atoms with Crippen LogP contribution in [0.1, 0.15) is 22.3 Å². The maximum absolute atomic E-state index is 5.69. The molecule has 3 heteroatoms. The third-order valence-corrected chi connectivity index (χ3v) is 3.54. The van der Waals surface area contributed by atoms with E-state index in [0.29, 0.717) is 0 Å². The molecule has 0 unspecified atom stereocenters. The Hall–Kier alpha value is -1.90. The summed E-state index contributed by atoms with van der Waals surface area (Å²) in [5, 5.41) is 0. The summed E-state index contributed by atoms with van der Waals surface area (Å²) in [5.74, 6) is 1.76. The van der Waals surface area contributed by atoms with Gasteiger partial charge in [0.05, 0.1) is 0 Å². The molecule has 0 bridgehead atoms. The summed E-state index contributed by atoms with van der Waals surface area (Å²) >= 11 is 0. The SMILES string of the molecule is Cc1cccc(OBOc2cccc(C)c2C)c1C. The van der Waals surface area contributed by atoms with Crippen LogP contribution in [-0.4, -0.2) is 7.69 Å². The Kier molecular flexibility index (Phi) is 4.15. The smallest absolute Gasteiger partial charge is 0.528 e. The molecule has 0 atom stereocenters. The van der Waals surface area contributed by atoms with E-state index in [4.69, 9.17) is 9.31 Å². The molecular formula is C16H19BO2. The topological polar surface area (TPSA) is 18.5 Å². The first-order chi connectivity index (χ1) is 9.09. The van der Waals surface area contributed by atoms with Crippen LogP contribution >= 0.6 is 0 Å². The summed E-state index contributed by atoms with van der Waals surface area (Å²) in [5.41, 5.74) is 4.77. The van der Waals surface area contributed by atoms with Gasteiger partial charge in [-0.1, -0.05) is 24.3 Å². The van der Waals surface area contributed by atoms with Crippen LogP contribution < -0.4 is 9.31 Å².